The van der Waals surface area contributed by atoms with Gasteiger partial charge in [-0.2, -0.15) is 0 Å². The molecule has 88 valence electrons. The maximum atomic E-state index is 11.6. The summed E-state index contributed by atoms with van der Waals surface area (Å²) in [7, 11) is 0. The van der Waals surface area contributed by atoms with E-state index in [-0.39, 0.29) is 41.1 Å². The van der Waals surface area contributed by atoms with Gasteiger partial charge in [0.05, 0.1) is 0 Å². The van der Waals surface area contributed by atoms with Crippen molar-refractivity contribution in [1.29, 1.82) is 0 Å². The van der Waals surface area contributed by atoms with Crippen molar-refractivity contribution < 1.29 is 42.0 Å². The van der Waals surface area contributed by atoms with E-state index in [9.17, 15) is 6.40 Å². The fourth-order valence-electron chi connectivity index (χ4n) is 1.24. The van der Waals surface area contributed by atoms with Crippen LogP contribution in [-0.2, 0) is 3.02 Å². The van der Waals surface area contributed by atoms with Gasteiger partial charge in [0.1, 0.15) is 0 Å². The van der Waals surface area contributed by atoms with Gasteiger partial charge in [0.2, 0.25) is 0 Å². The molecule has 0 spiro atoms. The normalized spacial score (nSPS) is 10.3. The molecule has 18 heavy (non-hydrogen) atoms. The van der Waals surface area contributed by atoms with E-state index < -0.39 is 20.1 Å². The molecular weight excluding hydrogens is 353 g/mol. The van der Waals surface area contributed by atoms with E-state index in [1.165, 1.54) is 0 Å². The predicted molar refractivity (Wildman–Crippen MR) is 60.6 cm³/mol. The average molecular weight is 363 g/mol. The zero-order valence-corrected chi connectivity index (χ0v) is 14.4. The van der Waals surface area contributed by atoms with Crippen LogP contribution in [0.2, 0.25) is 0 Å². The molecule has 0 aliphatic carbocycles. The van der Waals surface area contributed by atoms with Crippen molar-refractivity contribution in [2.45, 2.75) is 0 Å². The molecule has 0 bridgehead atoms. The van der Waals surface area contributed by atoms with Gasteiger partial charge in [0, 0.05) is 0 Å². The first-order valence-electron chi connectivity index (χ1n) is 4.96. The number of hydrogen-bond acceptors (Lipinski definition) is 4. The van der Waals surface area contributed by atoms with E-state index in [4.69, 9.17) is 6.03 Å². The van der Waals surface area contributed by atoms with Gasteiger partial charge in [-0.25, -0.2) is 0 Å². The fraction of sp³-hybridized carbons (Fsp3) is 0. The van der Waals surface area contributed by atoms with Crippen molar-refractivity contribution >= 4 is 20.1 Å². The molecule has 2 aromatic rings. The third kappa shape index (κ3) is 5.09. The summed E-state index contributed by atoms with van der Waals surface area (Å²) in [5.74, 6) is 0.527. The number of hydrogen-bond donors (Lipinski definition) is 0. The average Bonchev–Trinajstić information content (AvgIpc) is 2.30. The first-order chi connectivity index (χ1) is 8.16. The van der Waals surface area contributed by atoms with Crippen LogP contribution >= 0.6 is 0 Å². The summed E-state index contributed by atoms with van der Waals surface area (Å²) >= 11 is -5.34. The van der Waals surface area contributed by atoms with Crippen LogP contribution in [0.4, 0.5) is 0 Å². The quantitative estimate of drug-likeness (QED) is 0.613. The Balaban J connectivity index is 0.00000162. The van der Waals surface area contributed by atoms with Gasteiger partial charge in [-0.15, -0.1) is 0 Å². The molecule has 4 nitrogen and oxygen atoms in total. The van der Waals surface area contributed by atoms with Gasteiger partial charge in [-0.1, -0.05) is 0 Å². The summed E-state index contributed by atoms with van der Waals surface area (Å²) in [4.78, 5) is 0. The zero-order chi connectivity index (χ0) is 12.1. The van der Waals surface area contributed by atoms with E-state index in [1.54, 1.807) is 60.7 Å². The van der Waals surface area contributed by atoms with Crippen LogP contribution in [-0.4, -0.2) is 20.1 Å². The van der Waals surface area contributed by atoms with Crippen LogP contribution in [0, 0.1) is 0 Å². The van der Waals surface area contributed by atoms with Crippen LogP contribution in [0.5, 0.6) is 11.5 Å². The summed E-state index contributed by atoms with van der Waals surface area (Å²) < 4.78 is 33.0. The van der Waals surface area contributed by atoms with Gasteiger partial charge >= 0.3 is 134 Å². The number of rotatable bonds is 4. The van der Waals surface area contributed by atoms with Crippen LogP contribution in [0.1, 0.15) is 0 Å². The second kappa shape index (κ2) is 7.27. The number of para-hydroxylation sites is 2. The summed E-state index contributed by atoms with van der Waals surface area (Å²) in [5, 5.41) is 0. The van der Waals surface area contributed by atoms with Crippen LogP contribution < -0.4 is 39.0 Å². The summed E-state index contributed by atoms with van der Waals surface area (Å²) in [5.41, 5.74) is 0. The van der Waals surface area contributed by atoms with Crippen molar-refractivity contribution in [3.05, 3.63) is 60.7 Å². The predicted octanol–water partition coefficient (Wildman–Crippen LogP) is -1.63. The molecular formula is C12H10NaO4Sb. The zero-order valence-electron chi connectivity index (χ0n) is 9.85. The van der Waals surface area contributed by atoms with Crippen LogP contribution in [0.25, 0.3) is 0 Å². The number of benzene rings is 2. The van der Waals surface area contributed by atoms with Gasteiger partial charge in [-0.05, 0) is 0 Å². The topological polar surface area (TPSA) is 58.6 Å². The molecule has 0 aromatic heterocycles. The minimum atomic E-state index is -5.34. The molecule has 0 unspecified atom stereocenters. The Labute approximate surface area is 133 Å². The van der Waals surface area contributed by atoms with Gasteiger partial charge in [0.15, 0.2) is 0 Å². The Bertz CT molecular complexity index is 473. The Morgan fingerprint density at radius 1 is 0.778 bits per heavy atom. The van der Waals surface area contributed by atoms with Crippen LogP contribution in [0.3, 0.4) is 0 Å². The summed E-state index contributed by atoms with van der Waals surface area (Å²) in [6.07, 6.45) is 0. The molecule has 0 N–H and O–H groups in total. The van der Waals surface area contributed by atoms with Crippen molar-refractivity contribution in [2.75, 3.05) is 0 Å². The molecule has 0 heterocycles. The Morgan fingerprint density at radius 2 is 1.11 bits per heavy atom. The molecule has 0 fully saturated rings. The second-order valence-corrected chi connectivity index (χ2v) is 6.85. The van der Waals surface area contributed by atoms with E-state index in [2.05, 4.69) is 0 Å². The minimum absolute atomic E-state index is 0. The third-order valence-electron chi connectivity index (χ3n) is 1.92. The molecule has 0 atom stereocenters. The second-order valence-electron chi connectivity index (χ2n) is 3.26. The summed E-state index contributed by atoms with van der Waals surface area (Å²) in [6.45, 7) is 0. The van der Waals surface area contributed by atoms with E-state index >= 15 is 0 Å². The molecule has 6 heteroatoms. The van der Waals surface area contributed by atoms with Crippen molar-refractivity contribution in [3.63, 3.8) is 0 Å². The van der Waals surface area contributed by atoms with E-state index in [1.807, 2.05) is 0 Å². The van der Waals surface area contributed by atoms with Crippen molar-refractivity contribution in [2.24, 2.45) is 0 Å². The molecule has 0 saturated carbocycles. The molecule has 0 aliphatic rings. The molecule has 0 aliphatic heterocycles. The standard InChI is InChI=1S/2C6H6O.Na.2O.Sb/c2*7-6-4-2-1-3-5-6;;;;/h2*1-5,7H;;;;/q;;+1;;-1;+2/p-2. The first-order valence-corrected chi connectivity index (χ1v) is 9.13. The third-order valence-corrected chi connectivity index (χ3v) is 4.40. The molecule has 2 rings (SSSR count). The first kappa shape index (κ1) is 15.7. The van der Waals surface area contributed by atoms with Crippen molar-refractivity contribution in [1.82, 2.24) is 0 Å². The van der Waals surface area contributed by atoms with E-state index in [0.29, 0.717) is 0 Å². The monoisotopic (exact) mass is 362 g/mol. The summed E-state index contributed by atoms with van der Waals surface area (Å²) in [6, 6.07) is 16.6. The van der Waals surface area contributed by atoms with Gasteiger partial charge in [0.25, 0.3) is 0 Å². The van der Waals surface area contributed by atoms with Crippen LogP contribution in [0.15, 0.2) is 60.7 Å². The molecule has 2 aromatic carbocycles. The Hall–Kier alpha value is -0.382. The SMILES string of the molecule is [Na+].[O]=[Sb]([O-])([O]c1ccccc1)[O]c1ccccc1. The Kier molecular flexibility index (Phi) is 6.33. The molecule has 0 amide bonds. The van der Waals surface area contributed by atoms with Gasteiger partial charge in [-0.3, -0.25) is 0 Å². The molecule has 0 radical (unpaired) electrons. The van der Waals surface area contributed by atoms with Crippen molar-refractivity contribution in [3.8, 4) is 11.5 Å². The fourth-order valence-corrected chi connectivity index (χ4v) is 3.51. The van der Waals surface area contributed by atoms with E-state index in [0.717, 1.165) is 0 Å². The maximum absolute atomic E-state index is 11.6. The molecule has 0 saturated heterocycles. The van der Waals surface area contributed by atoms with Gasteiger partial charge < -0.3 is 0 Å². The Morgan fingerprint density at radius 3 is 1.44 bits per heavy atom.